The molecule has 1 heterocycles. The molecule has 11 aromatic rings. The van der Waals surface area contributed by atoms with E-state index in [1.165, 1.54) is 83.0 Å². The molecule has 1 aliphatic carbocycles. The van der Waals surface area contributed by atoms with E-state index in [-0.39, 0.29) is 5.41 Å². The average Bonchev–Trinajstić information content (AvgIpc) is 3.83. The number of fused-ring (bicyclic) bond motifs is 7. The first-order valence-electron chi connectivity index (χ1n) is 22.6. The molecule has 12 rings (SSSR count). The molecule has 1 aromatic heterocycles. The van der Waals surface area contributed by atoms with E-state index in [2.05, 4.69) is 266 Å². The fourth-order valence-corrected chi connectivity index (χ4v) is 10.4. The Morgan fingerprint density at radius 1 is 0.338 bits per heavy atom. The van der Waals surface area contributed by atoms with Crippen molar-refractivity contribution in [3.63, 3.8) is 0 Å². The van der Waals surface area contributed by atoms with Gasteiger partial charge in [0.2, 0.25) is 0 Å². The van der Waals surface area contributed by atoms with E-state index in [9.17, 15) is 0 Å². The fourth-order valence-electron chi connectivity index (χ4n) is 10.4. The number of aromatic nitrogens is 1. The molecular weight excluding hydrogens is 785 g/mol. The molecule has 0 amide bonds. The monoisotopic (exact) mass is 830 g/mol. The molecule has 0 spiro atoms. The van der Waals surface area contributed by atoms with Gasteiger partial charge in [0.1, 0.15) is 0 Å². The molecule has 0 radical (unpaired) electrons. The lowest BCUT2D eigenvalue weighted by Gasteiger charge is -2.26. The zero-order valence-electron chi connectivity index (χ0n) is 36.5. The Morgan fingerprint density at radius 3 is 1.49 bits per heavy atom. The molecule has 0 unspecified atom stereocenters. The van der Waals surface area contributed by atoms with E-state index in [0.29, 0.717) is 0 Å². The van der Waals surface area contributed by atoms with Crippen molar-refractivity contribution in [1.29, 1.82) is 0 Å². The lowest BCUT2D eigenvalue weighted by atomic mass is 9.81. The minimum Gasteiger partial charge on any atom is -0.310 e. The molecule has 2 heteroatoms. The Balaban J connectivity index is 0.905. The van der Waals surface area contributed by atoms with Crippen molar-refractivity contribution in [2.75, 3.05) is 4.90 Å². The molecule has 0 atom stereocenters. The Hall–Kier alpha value is -8.20. The zero-order chi connectivity index (χ0) is 43.5. The molecule has 308 valence electrons. The van der Waals surface area contributed by atoms with Crippen molar-refractivity contribution >= 4 is 38.9 Å². The van der Waals surface area contributed by atoms with Crippen LogP contribution in [0.4, 0.5) is 17.1 Å². The van der Waals surface area contributed by atoms with Gasteiger partial charge in [-0.05, 0) is 127 Å². The SMILES string of the molecule is CC1(C)c2ccccc2-c2ccc3c4ccccc4n(-c4ccc(-c5cccc(-c6cccc(N(c7ccc(-c8ccccc8)cc7)c7ccc(-c8ccccc8)cc7)c6)c5)cc4)c3c21. The van der Waals surface area contributed by atoms with Crippen molar-refractivity contribution in [2.45, 2.75) is 19.3 Å². The lowest BCUT2D eigenvalue weighted by Crippen LogP contribution is -2.16. The maximum absolute atomic E-state index is 2.50. The maximum Gasteiger partial charge on any atom is 0.0588 e. The average molecular weight is 831 g/mol. The minimum atomic E-state index is -0.133. The van der Waals surface area contributed by atoms with E-state index < -0.39 is 0 Å². The maximum atomic E-state index is 2.50. The number of anilines is 3. The summed E-state index contributed by atoms with van der Waals surface area (Å²) in [7, 11) is 0. The standard InChI is InChI=1S/C63H46N2/c1-63(2)59-25-11-9-23-55(59)57-39-40-58-56-24-10-12-26-60(56)65(62(58)61(57)63)53-37-31-47(32-38-53)48-19-13-20-49(41-48)50-21-14-22-54(42-50)64(51-33-27-45(28-34-51)43-15-5-3-6-16-43)52-35-29-46(30-36-52)44-17-7-4-8-18-44/h3-42H,1-2H3. The molecule has 0 saturated carbocycles. The summed E-state index contributed by atoms with van der Waals surface area (Å²) in [6, 6.07) is 88.5. The third-order valence-electron chi connectivity index (χ3n) is 13.6. The molecule has 0 bridgehead atoms. The molecule has 0 aliphatic heterocycles. The van der Waals surface area contributed by atoms with Crippen molar-refractivity contribution in [3.05, 3.63) is 254 Å². The first-order valence-corrected chi connectivity index (χ1v) is 22.6. The summed E-state index contributed by atoms with van der Waals surface area (Å²) in [6.07, 6.45) is 0. The van der Waals surface area contributed by atoms with Crippen LogP contribution in [0.15, 0.2) is 243 Å². The second-order valence-electron chi connectivity index (χ2n) is 17.7. The normalized spacial score (nSPS) is 12.6. The molecule has 10 aromatic carbocycles. The molecule has 0 N–H and O–H groups in total. The lowest BCUT2D eigenvalue weighted by molar-refractivity contribution is 0.664. The number of para-hydroxylation sites is 1. The van der Waals surface area contributed by atoms with Crippen molar-refractivity contribution in [3.8, 4) is 61.3 Å². The second-order valence-corrected chi connectivity index (χ2v) is 17.7. The van der Waals surface area contributed by atoms with Crippen molar-refractivity contribution in [1.82, 2.24) is 4.57 Å². The van der Waals surface area contributed by atoms with Gasteiger partial charge in [-0.1, -0.05) is 196 Å². The van der Waals surface area contributed by atoms with Gasteiger partial charge in [0, 0.05) is 38.9 Å². The summed E-state index contributed by atoms with van der Waals surface area (Å²) in [6.45, 7) is 4.77. The van der Waals surface area contributed by atoms with Crippen LogP contribution >= 0.6 is 0 Å². The first kappa shape index (κ1) is 38.5. The smallest absolute Gasteiger partial charge is 0.0588 e. The van der Waals surface area contributed by atoms with Gasteiger partial charge in [-0.2, -0.15) is 0 Å². The van der Waals surface area contributed by atoms with Crippen LogP contribution in [0.2, 0.25) is 0 Å². The van der Waals surface area contributed by atoms with Gasteiger partial charge in [-0.25, -0.2) is 0 Å². The van der Waals surface area contributed by atoms with Gasteiger partial charge in [-0.3, -0.25) is 0 Å². The van der Waals surface area contributed by atoms with Crippen molar-refractivity contribution in [2.24, 2.45) is 0 Å². The van der Waals surface area contributed by atoms with E-state index in [4.69, 9.17) is 0 Å². The van der Waals surface area contributed by atoms with Crippen LogP contribution in [-0.4, -0.2) is 4.57 Å². The van der Waals surface area contributed by atoms with Gasteiger partial charge in [0.05, 0.1) is 11.0 Å². The summed E-state index contributed by atoms with van der Waals surface area (Å²) in [4.78, 5) is 2.36. The van der Waals surface area contributed by atoms with E-state index in [1.54, 1.807) is 0 Å². The zero-order valence-corrected chi connectivity index (χ0v) is 36.5. The molecule has 1 aliphatic rings. The van der Waals surface area contributed by atoms with Crippen LogP contribution in [-0.2, 0) is 5.41 Å². The fraction of sp³-hybridized carbons (Fsp3) is 0.0476. The topological polar surface area (TPSA) is 8.17 Å². The van der Waals surface area contributed by atoms with Crippen LogP contribution in [0.1, 0.15) is 25.0 Å². The number of benzene rings is 10. The van der Waals surface area contributed by atoms with Crippen LogP contribution < -0.4 is 4.90 Å². The number of hydrogen-bond donors (Lipinski definition) is 0. The summed E-state index contributed by atoms with van der Waals surface area (Å²) in [5.41, 5.74) is 21.8. The van der Waals surface area contributed by atoms with Gasteiger partial charge in [0.25, 0.3) is 0 Å². The van der Waals surface area contributed by atoms with E-state index in [0.717, 1.165) is 28.3 Å². The third kappa shape index (κ3) is 6.57. The summed E-state index contributed by atoms with van der Waals surface area (Å²) < 4.78 is 2.50. The summed E-state index contributed by atoms with van der Waals surface area (Å²) in [5, 5.41) is 2.58. The molecule has 2 nitrogen and oxygen atoms in total. The van der Waals surface area contributed by atoms with Gasteiger partial charge in [0.15, 0.2) is 0 Å². The largest absolute Gasteiger partial charge is 0.310 e. The summed E-state index contributed by atoms with van der Waals surface area (Å²) in [5.74, 6) is 0. The quantitative estimate of drug-likeness (QED) is 0.148. The molecule has 0 saturated heterocycles. The highest BCUT2D eigenvalue weighted by atomic mass is 15.1. The van der Waals surface area contributed by atoms with Gasteiger partial charge >= 0.3 is 0 Å². The Kier molecular flexibility index (Phi) is 9.21. The Bertz CT molecular complexity index is 3440. The van der Waals surface area contributed by atoms with Crippen LogP contribution in [0, 0.1) is 0 Å². The van der Waals surface area contributed by atoms with Crippen LogP contribution in [0.3, 0.4) is 0 Å². The first-order chi connectivity index (χ1) is 32.0. The summed E-state index contributed by atoms with van der Waals surface area (Å²) >= 11 is 0. The van der Waals surface area contributed by atoms with E-state index in [1.807, 2.05) is 0 Å². The highest BCUT2D eigenvalue weighted by molar-refractivity contribution is 6.13. The van der Waals surface area contributed by atoms with E-state index >= 15 is 0 Å². The van der Waals surface area contributed by atoms with Crippen molar-refractivity contribution < 1.29 is 0 Å². The van der Waals surface area contributed by atoms with Gasteiger partial charge in [-0.15, -0.1) is 0 Å². The minimum absolute atomic E-state index is 0.133. The number of rotatable bonds is 8. The number of nitrogens with zero attached hydrogens (tertiary/aromatic N) is 2. The molecule has 0 fully saturated rings. The second kappa shape index (κ2) is 15.6. The predicted molar refractivity (Wildman–Crippen MR) is 275 cm³/mol. The Morgan fingerprint density at radius 2 is 0.831 bits per heavy atom. The highest BCUT2D eigenvalue weighted by Crippen LogP contribution is 2.53. The highest BCUT2D eigenvalue weighted by Gasteiger charge is 2.38. The Labute approximate surface area is 381 Å². The number of hydrogen-bond acceptors (Lipinski definition) is 1. The molecule has 65 heavy (non-hydrogen) atoms. The van der Waals surface area contributed by atoms with Crippen LogP contribution in [0.5, 0.6) is 0 Å². The third-order valence-corrected chi connectivity index (χ3v) is 13.6. The molecular formula is C63H46N2. The van der Waals surface area contributed by atoms with Crippen LogP contribution in [0.25, 0.3) is 83.1 Å². The van der Waals surface area contributed by atoms with Gasteiger partial charge < -0.3 is 9.47 Å². The predicted octanol–water partition coefficient (Wildman–Crippen LogP) is 17.2.